The Labute approximate surface area is 108 Å². The summed E-state index contributed by atoms with van der Waals surface area (Å²) in [4.78, 5) is 30.3. The van der Waals surface area contributed by atoms with Crippen molar-refractivity contribution in [1.29, 1.82) is 0 Å². The van der Waals surface area contributed by atoms with Gasteiger partial charge in [0.25, 0.3) is 11.5 Å². The standard InChI is InChI=1S/C12H14N4O3/c1-7-5-9-13-10-8(11(17)16(9)14-7)6-15(12(10)18)3-4-19-2/h5,14H,3-4,6H2,1-2H3. The van der Waals surface area contributed by atoms with E-state index in [1.165, 1.54) is 4.52 Å². The quantitative estimate of drug-likeness (QED) is 0.840. The first-order chi connectivity index (χ1) is 9.11. The summed E-state index contributed by atoms with van der Waals surface area (Å²) in [5.41, 5.74) is 1.81. The van der Waals surface area contributed by atoms with E-state index in [0.29, 0.717) is 30.9 Å². The molecule has 3 heterocycles. The lowest BCUT2D eigenvalue weighted by molar-refractivity contribution is 0.0715. The molecule has 0 radical (unpaired) electrons. The predicted octanol–water partition coefficient (Wildman–Crippen LogP) is -0.0668. The second kappa shape index (κ2) is 4.20. The van der Waals surface area contributed by atoms with Crippen molar-refractivity contribution in [2.24, 2.45) is 0 Å². The number of carbonyl (C=O) groups excluding carboxylic acids is 1. The summed E-state index contributed by atoms with van der Waals surface area (Å²) in [5, 5.41) is 2.92. The fourth-order valence-electron chi connectivity index (χ4n) is 2.29. The molecule has 0 fully saturated rings. The number of aryl methyl sites for hydroxylation is 1. The molecule has 0 saturated carbocycles. The number of methoxy groups -OCH3 is 1. The lowest BCUT2D eigenvalue weighted by Crippen LogP contribution is -2.28. The highest BCUT2D eigenvalue weighted by Gasteiger charge is 2.32. The van der Waals surface area contributed by atoms with Crippen LogP contribution in [-0.4, -0.2) is 45.7 Å². The number of carbonyl (C=O) groups is 1. The Kier molecular flexibility index (Phi) is 2.63. The Morgan fingerprint density at radius 3 is 3.00 bits per heavy atom. The van der Waals surface area contributed by atoms with E-state index in [1.807, 2.05) is 6.92 Å². The van der Waals surface area contributed by atoms with Crippen LogP contribution in [0.1, 0.15) is 21.7 Å². The highest BCUT2D eigenvalue weighted by atomic mass is 16.5. The number of fused-ring (bicyclic) bond motifs is 2. The van der Waals surface area contributed by atoms with E-state index in [1.54, 1.807) is 18.1 Å². The van der Waals surface area contributed by atoms with Crippen LogP contribution < -0.4 is 5.56 Å². The molecule has 1 aliphatic heterocycles. The zero-order valence-corrected chi connectivity index (χ0v) is 10.8. The van der Waals surface area contributed by atoms with E-state index in [0.717, 1.165) is 5.69 Å². The number of H-pyrrole nitrogens is 1. The summed E-state index contributed by atoms with van der Waals surface area (Å²) in [5.74, 6) is -0.203. The van der Waals surface area contributed by atoms with Gasteiger partial charge in [-0.3, -0.25) is 14.7 Å². The van der Waals surface area contributed by atoms with Crippen LogP contribution in [0, 0.1) is 6.92 Å². The SMILES string of the molecule is COCCN1Cc2c(nc3cc(C)[nH]n3c2=O)C1=O. The Morgan fingerprint density at radius 2 is 2.26 bits per heavy atom. The number of hydrogen-bond donors (Lipinski definition) is 1. The summed E-state index contributed by atoms with van der Waals surface area (Å²) in [6, 6.07) is 1.74. The van der Waals surface area contributed by atoms with Gasteiger partial charge >= 0.3 is 0 Å². The van der Waals surface area contributed by atoms with Gasteiger partial charge in [-0.1, -0.05) is 0 Å². The number of aromatic nitrogens is 3. The van der Waals surface area contributed by atoms with E-state index in [4.69, 9.17) is 4.74 Å². The number of nitrogens with zero attached hydrogens (tertiary/aromatic N) is 3. The van der Waals surface area contributed by atoms with Crippen molar-refractivity contribution in [3.63, 3.8) is 0 Å². The van der Waals surface area contributed by atoms with Crippen LogP contribution >= 0.6 is 0 Å². The van der Waals surface area contributed by atoms with Gasteiger partial charge in [-0.2, -0.15) is 0 Å². The molecule has 3 rings (SSSR count). The first-order valence-corrected chi connectivity index (χ1v) is 6.01. The maximum atomic E-state index is 12.3. The third-order valence-corrected chi connectivity index (χ3v) is 3.24. The Bertz CT molecular complexity index is 716. The Hall–Kier alpha value is -2.15. The van der Waals surface area contributed by atoms with Gasteiger partial charge in [0, 0.05) is 25.4 Å². The second-order valence-electron chi connectivity index (χ2n) is 4.60. The third kappa shape index (κ3) is 1.74. The van der Waals surface area contributed by atoms with Gasteiger partial charge in [0.1, 0.15) is 5.69 Å². The maximum Gasteiger partial charge on any atom is 0.278 e. The molecule has 19 heavy (non-hydrogen) atoms. The number of rotatable bonds is 3. The van der Waals surface area contributed by atoms with Crippen molar-refractivity contribution in [3.05, 3.63) is 33.4 Å². The van der Waals surface area contributed by atoms with E-state index in [2.05, 4.69) is 10.1 Å². The highest BCUT2D eigenvalue weighted by Crippen LogP contribution is 2.18. The molecule has 0 unspecified atom stereocenters. The zero-order valence-electron chi connectivity index (χ0n) is 10.8. The van der Waals surface area contributed by atoms with Crippen LogP contribution in [0.25, 0.3) is 5.65 Å². The highest BCUT2D eigenvalue weighted by molar-refractivity contribution is 5.96. The molecule has 2 aromatic heterocycles. The molecule has 0 spiro atoms. The van der Waals surface area contributed by atoms with E-state index >= 15 is 0 Å². The van der Waals surface area contributed by atoms with Gasteiger partial charge in [-0.05, 0) is 6.92 Å². The molecular weight excluding hydrogens is 248 g/mol. The Morgan fingerprint density at radius 1 is 1.47 bits per heavy atom. The van der Waals surface area contributed by atoms with Gasteiger partial charge in [0.2, 0.25) is 0 Å². The molecule has 7 nitrogen and oxygen atoms in total. The van der Waals surface area contributed by atoms with Crippen LogP contribution in [0.3, 0.4) is 0 Å². The fourth-order valence-corrected chi connectivity index (χ4v) is 2.29. The van der Waals surface area contributed by atoms with Crippen molar-refractivity contribution in [2.45, 2.75) is 13.5 Å². The molecule has 1 amide bonds. The lowest BCUT2D eigenvalue weighted by Gasteiger charge is -2.13. The van der Waals surface area contributed by atoms with Crippen LogP contribution in [-0.2, 0) is 11.3 Å². The smallest absolute Gasteiger partial charge is 0.278 e. The molecule has 2 aromatic rings. The Balaban J connectivity index is 2.09. The van der Waals surface area contributed by atoms with Gasteiger partial charge in [-0.25, -0.2) is 9.50 Å². The molecule has 0 saturated heterocycles. The summed E-state index contributed by atoms with van der Waals surface area (Å²) in [6.45, 7) is 3.04. The van der Waals surface area contributed by atoms with Crippen molar-refractivity contribution in [3.8, 4) is 0 Å². The average molecular weight is 262 g/mol. The predicted molar refractivity (Wildman–Crippen MR) is 67.2 cm³/mol. The fraction of sp³-hybridized carbons (Fsp3) is 0.417. The topological polar surface area (TPSA) is 79.7 Å². The molecule has 0 atom stereocenters. The molecule has 0 aliphatic carbocycles. The number of hydrogen-bond acceptors (Lipinski definition) is 4. The average Bonchev–Trinajstić information content (AvgIpc) is 2.90. The number of amides is 1. The summed E-state index contributed by atoms with van der Waals surface area (Å²) in [7, 11) is 1.58. The number of aromatic amines is 1. The van der Waals surface area contributed by atoms with E-state index < -0.39 is 0 Å². The number of nitrogens with one attached hydrogen (secondary N) is 1. The normalized spacial score (nSPS) is 14.4. The van der Waals surface area contributed by atoms with Crippen LogP contribution in [0.4, 0.5) is 0 Å². The molecule has 1 N–H and O–H groups in total. The van der Waals surface area contributed by atoms with Crippen molar-refractivity contribution in [2.75, 3.05) is 20.3 Å². The summed E-state index contributed by atoms with van der Waals surface area (Å²) < 4.78 is 6.33. The van der Waals surface area contributed by atoms with Gasteiger partial charge in [-0.15, -0.1) is 0 Å². The molecule has 100 valence electrons. The minimum absolute atomic E-state index is 0.203. The van der Waals surface area contributed by atoms with Crippen molar-refractivity contribution < 1.29 is 9.53 Å². The summed E-state index contributed by atoms with van der Waals surface area (Å²) >= 11 is 0. The monoisotopic (exact) mass is 262 g/mol. The molecule has 7 heteroatoms. The summed E-state index contributed by atoms with van der Waals surface area (Å²) in [6.07, 6.45) is 0. The second-order valence-corrected chi connectivity index (χ2v) is 4.60. The van der Waals surface area contributed by atoms with E-state index in [9.17, 15) is 9.59 Å². The third-order valence-electron chi connectivity index (χ3n) is 3.24. The lowest BCUT2D eigenvalue weighted by atomic mass is 10.2. The minimum Gasteiger partial charge on any atom is -0.383 e. The zero-order chi connectivity index (χ0) is 13.6. The first-order valence-electron chi connectivity index (χ1n) is 6.01. The molecular formula is C12H14N4O3. The van der Waals surface area contributed by atoms with Crippen LogP contribution in [0.15, 0.2) is 10.9 Å². The van der Waals surface area contributed by atoms with E-state index in [-0.39, 0.29) is 17.2 Å². The molecule has 0 aromatic carbocycles. The first kappa shape index (κ1) is 11.9. The van der Waals surface area contributed by atoms with Crippen molar-refractivity contribution in [1.82, 2.24) is 19.5 Å². The minimum atomic E-state index is -0.207. The molecule has 0 bridgehead atoms. The van der Waals surface area contributed by atoms with Crippen molar-refractivity contribution >= 4 is 11.6 Å². The van der Waals surface area contributed by atoms with Gasteiger partial charge in [0.05, 0.1) is 18.7 Å². The number of ether oxygens (including phenoxy) is 1. The van der Waals surface area contributed by atoms with Gasteiger partial charge in [0.15, 0.2) is 5.65 Å². The molecule has 1 aliphatic rings. The maximum absolute atomic E-state index is 12.3. The van der Waals surface area contributed by atoms with Crippen LogP contribution in [0.5, 0.6) is 0 Å². The van der Waals surface area contributed by atoms with Gasteiger partial charge < -0.3 is 9.64 Å². The largest absolute Gasteiger partial charge is 0.383 e. The van der Waals surface area contributed by atoms with Crippen LogP contribution in [0.2, 0.25) is 0 Å².